The topological polar surface area (TPSA) is 55.8 Å². The molecule has 2 heterocycles. The van der Waals surface area contributed by atoms with Gasteiger partial charge in [-0.3, -0.25) is 14.6 Å². The second-order valence-electron chi connectivity index (χ2n) is 7.18. The van der Waals surface area contributed by atoms with Gasteiger partial charge in [0.2, 0.25) is 5.91 Å². The molecule has 0 aliphatic carbocycles. The molecule has 132 valence electrons. The quantitative estimate of drug-likeness (QED) is 0.852. The molecule has 3 unspecified atom stereocenters. The van der Waals surface area contributed by atoms with Crippen molar-refractivity contribution in [1.82, 2.24) is 15.1 Å². The Balaban J connectivity index is 1.45. The van der Waals surface area contributed by atoms with E-state index in [4.69, 9.17) is 0 Å². The minimum absolute atomic E-state index is 0.0932. The molecule has 1 aromatic carbocycles. The number of likely N-dealkylation sites (tertiary alicyclic amines) is 2. The molecule has 2 saturated heterocycles. The summed E-state index contributed by atoms with van der Waals surface area (Å²) in [4.78, 5) is 17.0. The molecule has 2 aliphatic rings. The number of nitrogens with one attached hydrogen (secondary N) is 1. The lowest BCUT2D eigenvalue weighted by Crippen LogP contribution is -2.52. The first kappa shape index (κ1) is 17.4. The van der Waals surface area contributed by atoms with Crippen LogP contribution in [-0.2, 0) is 11.3 Å². The van der Waals surface area contributed by atoms with Crippen molar-refractivity contribution in [2.45, 2.75) is 50.9 Å². The van der Waals surface area contributed by atoms with Crippen LogP contribution in [0.2, 0.25) is 0 Å². The summed E-state index contributed by atoms with van der Waals surface area (Å²) >= 11 is 0. The largest absolute Gasteiger partial charge is 0.392 e. The van der Waals surface area contributed by atoms with Crippen LogP contribution in [0.3, 0.4) is 0 Å². The lowest BCUT2D eigenvalue weighted by Gasteiger charge is -2.34. The lowest BCUT2D eigenvalue weighted by atomic mass is 10.1. The maximum atomic E-state index is 12.5. The van der Waals surface area contributed by atoms with Gasteiger partial charge in [-0.2, -0.15) is 0 Å². The summed E-state index contributed by atoms with van der Waals surface area (Å²) < 4.78 is 0. The van der Waals surface area contributed by atoms with Crippen LogP contribution in [0.15, 0.2) is 30.3 Å². The fourth-order valence-electron chi connectivity index (χ4n) is 3.76. The highest BCUT2D eigenvalue weighted by Gasteiger charge is 2.29. The SMILES string of the molecule is CC(C(=O)NC1CCN(Cc2ccccc2)C1)N1CCCC(O)C1. The molecule has 0 radical (unpaired) electrons. The summed E-state index contributed by atoms with van der Waals surface area (Å²) in [6, 6.07) is 10.5. The van der Waals surface area contributed by atoms with Crippen LogP contribution in [0.25, 0.3) is 0 Å². The van der Waals surface area contributed by atoms with E-state index in [0.29, 0.717) is 6.54 Å². The van der Waals surface area contributed by atoms with Crippen molar-refractivity contribution in [2.75, 3.05) is 26.2 Å². The predicted octanol–water partition coefficient (Wildman–Crippen LogP) is 1.22. The average Bonchev–Trinajstić information content (AvgIpc) is 3.02. The van der Waals surface area contributed by atoms with E-state index in [1.807, 2.05) is 13.0 Å². The van der Waals surface area contributed by atoms with Crippen LogP contribution < -0.4 is 5.32 Å². The minimum atomic E-state index is -0.290. The molecule has 2 fully saturated rings. The van der Waals surface area contributed by atoms with Crippen molar-refractivity contribution in [3.05, 3.63) is 35.9 Å². The van der Waals surface area contributed by atoms with Crippen LogP contribution in [0.4, 0.5) is 0 Å². The number of amides is 1. The number of carbonyl (C=O) groups is 1. The number of carbonyl (C=O) groups excluding carboxylic acids is 1. The molecule has 1 amide bonds. The summed E-state index contributed by atoms with van der Waals surface area (Å²) in [5.74, 6) is 0.0932. The number of aliphatic hydroxyl groups excluding tert-OH is 1. The van der Waals surface area contributed by atoms with E-state index in [1.54, 1.807) is 0 Å². The first-order chi connectivity index (χ1) is 11.6. The molecular weight excluding hydrogens is 302 g/mol. The third-order valence-corrected chi connectivity index (χ3v) is 5.22. The number of aliphatic hydroxyl groups is 1. The maximum absolute atomic E-state index is 12.5. The summed E-state index contributed by atoms with van der Waals surface area (Å²) in [5.41, 5.74) is 1.32. The first-order valence-corrected chi connectivity index (χ1v) is 9.10. The van der Waals surface area contributed by atoms with Crippen LogP contribution in [0.5, 0.6) is 0 Å². The van der Waals surface area contributed by atoms with Crippen molar-refractivity contribution in [3.8, 4) is 0 Å². The van der Waals surface area contributed by atoms with Gasteiger partial charge in [0, 0.05) is 32.2 Å². The average molecular weight is 331 g/mol. The third-order valence-electron chi connectivity index (χ3n) is 5.22. The fourth-order valence-corrected chi connectivity index (χ4v) is 3.76. The molecule has 0 aromatic heterocycles. The van der Waals surface area contributed by atoms with Gasteiger partial charge in [0.25, 0.3) is 0 Å². The predicted molar refractivity (Wildman–Crippen MR) is 94.5 cm³/mol. The van der Waals surface area contributed by atoms with Crippen molar-refractivity contribution >= 4 is 5.91 Å². The van der Waals surface area contributed by atoms with Gasteiger partial charge in [0.1, 0.15) is 0 Å². The van der Waals surface area contributed by atoms with Gasteiger partial charge >= 0.3 is 0 Å². The molecule has 5 heteroatoms. The Labute approximate surface area is 144 Å². The van der Waals surface area contributed by atoms with Gasteiger partial charge in [-0.1, -0.05) is 30.3 Å². The third kappa shape index (κ3) is 4.56. The molecule has 2 aliphatic heterocycles. The van der Waals surface area contributed by atoms with E-state index in [0.717, 1.165) is 45.4 Å². The van der Waals surface area contributed by atoms with E-state index >= 15 is 0 Å². The van der Waals surface area contributed by atoms with Crippen LogP contribution in [0.1, 0.15) is 31.7 Å². The number of rotatable bonds is 5. The molecular formula is C19H29N3O2. The maximum Gasteiger partial charge on any atom is 0.237 e. The Bertz CT molecular complexity index is 537. The van der Waals surface area contributed by atoms with Crippen LogP contribution in [0, 0.1) is 0 Å². The Morgan fingerprint density at radius 2 is 2.04 bits per heavy atom. The molecule has 5 nitrogen and oxygen atoms in total. The zero-order valence-corrected chi connectivity index (χ0v) is 14.5. The number of hydrogen-bond acceptors (Lipinski definition) is 4. The fraction of sp³-hybridized carbons (Fsp3) is 0.632. The number of benzene rings is 1. The van der Waals surface area contributed by atoms with Crippen molar-refractivity contribution in [3.63, 3.8) is 0 Å². The zero-order valence-electron chi connectivity index (χ0n) is 14.5. The smallest absolute Gasteiger partial charge is 0.237 e. The zero-order chi connectivity index (χ0) is 16.9. The van der Waals surface area contributed by atoms with Gasteiger partial charge in [0.15, 0.2) is 0 Å². The van der Waals surface area contributed by atoms with Crippen LogP contribution in [-0.4, -0.2) is 65.2 Å². The summed E-state index contributed by atoms with van der Waals surface area (Å²) in [6.07, 6.45) is 2.53. The molecule has 3 atom stereocenters. The van der Waals surface area contributed by atoms with E-state index in [2.05, 4.69) is 39.4 Å². The Morgan fingerprint density at radius 3 is 2.79 bits per heavy atom. The Hall–Kier alpha value is -1.43. The standard InChI is InChI=1S/C19H29N3O2/c1-15(22-10-5-8-18(23)14-22)19(24)20-17-9-11-21(13-17)12-16-6-3-2-4-7-16/h2-4,6-7,15,17-18,23H,5,8-14H2,1H3,(H,20,24). The number of hydrogen-bond donors (Lipinski definition) is 2. The molecule has 0 bridgehead atoms. The molecule has 3 rings (SSSR count). The van der Waals surface area contributed by atoms with E-state index in [9.17, 15) is 9.90 Å². The lowest BCUT2D eigenvalue weighted by molar-refractivity contribution is -0.127. The summed E-state index contributed by atoms with van der Waals surface area (Å²) in [5, 5.41) is 13.0. The van der Waals surface area contributed by atoms with E-state index < -0.39 is 0 Å². The minimum Gasteiger partial charge on any atom is -0.392 e. The first-order valence-electron chi connectivity index (χ1n) is 9.10. The monoisotopic (exact) mass is 331 g/mol. The second kappa shape index (κ2) is 8.10. The number of nitrogens with zero attached hydrogens (tertiary/aromatic N) is 2. The van der Waals surface area contributed by atoms with Gasteiger partial charge in [-0.25, -0.2) is 0 Å². The molecule has 0 spiro atoms. The number of β-amino-alcohol motifs (C(OH)–C–C–N with tert-alkyl or cyclic N) is 1. The summed E-state index contributed by atoms with van der Waals surface area (Å²) in [6.45, 7) is 6.34. The van der Waals surface area contributed by atoms with Gasteiger partial charge in [-0.15, -0.1) is 0 Å². The Kier molecular flexibility index (Phi) is 5.87. The van der Waals surface area contributed by atoms with Crippen molar-refractivity contribution < 1.29 is 9.90 Å². The molecule has 2 N–H and O–H groups in total. The van der Waals surface area contributed by atoms with Crippen molar-refractivity contribution in [2.24, 2.45) is 0 Å². The van der Waals surface area contributed by atoms with Crippen molar-refractivity contribution in [1.29, 1.82) is 0 Å². The molecule has 0 saturated carbocycles. The highest BCUT2D eigenvalue weighted by molar-refractivity contribution is 5.81. The summed E-state index contributed by atoms with van der Waals surface area (Å²) in [7, 11) is 0. The van der Waals surface area contributed by atoms with Gasteiger partial charge < -0.3 is 10.4 Å². The Morgan fingerprint density at radius 1 is 1.25 bits per heavy atom. The molecule has 1 aromatic rings. The van der Waals surface area contributed by atoms with Gasteiger partial charge in [0.05, 0.1) is 12.1 Å². The highest BCUT2D eigenvalue weighted by Crippen LogP contribution is 2.16. The van der Waals surface area contributed by atoms with E-state index in [-0.39, 0.29) is 24.1 Å². The second-order valence-corrected chi connectivity index (χ2v) is 7.18. The highest BCUT2D eigenvalue weighted by atomic mass is 16.3. The number of piperidine rings is 1. The normalized spacial score (nSPS) is 27.1. The van der Waals surface area contributed by atoms with E-state index in [1.165, 1.54) is 5.56 Å². The van der Waals surface area contributed by atoms with Gasteiger partial charge in [-0.05, 0) is 38.3 Å². The molecule has 24 heavy (non-hydrogen) atoms. The van der Waals surface area contributed by atoms with Crippen LogP contribution >= 0.6 is 0 Å².